The van der Waals surface area contributed by atoms with Gasteiger partial charge in [0.05, 0.1) is 0 Å². The molecule has 3 N–H and O–H groups in total. The average molecular weight is 481 g/mol. The number of hydrogen-bond donors (Lipinski definition) is 3. The van der Waals surface area contributed by atoms with Crippen LogP contribution in [0.1, 0.15) is 59.8 Å². The van der Waals surface area contributed by atoms with Crippen LogP contribution in [0.15, 0.2) is 4.99 Å². The Balaban J connectivity index is 0.00000625. The summed E-state index contributed by atoms with van der Waals surface area (Å²) in [6, 6.07) is 0.528. The van der Waals surface area contributed by atoms with E-state index in [1.54, 1.807) is 0 Å². The molecule has 1 aliphatic rings. The van der Waals surface area contributed by atoms with Gasteiger partial charge in [-0.1, -0.05) is 20.3 Å². The molecule has 7 heteroatoms. The summed E-state index contributed by atoms with van der Waals surface area (Å²) in [5, 5.41) is 9.97. The van der Waals surface area contributed by atoms with Crippen molar-refractivity contribution < 1.29 is 4.79 Å². The number of hydrogen-bond acceptors (Lipinski definition) is 3. The molecular weight excluding hydrogens is 441 g/mol. The first-order chi connectivity index (χ1) is 12.0. The van der Waals surface area contributed by atoms with Crippen LogP contribution in [0.25, 0.3) is 0 Å². The third-order valence-corrected chi connectivity index (χ3v) is 4.75. The molecule has 2 unspecified atom stereocenters. The molecule has 154 valence electrons. The lowest BCUT2D eigenvalue weighted by Crippen LogP contribution is -2.48. The Kier molecular flexibility index (Phi) is 14.2. The molecule has 0 aromatic heterocycles. The normalized spacial score (nSPS) is 20.7. The van der Waals surface area contributed by atoms with Gasteiger partial charge in [-0.15, -0.1) is 24.0 Å². The summed E-state index contributed by atoms with van der Waals surface area (Å²) in [4.78, 5) is 19.0. The lowest BCUT2D eigenvalue weighted by atomic mass is 9.85. The summed E-state index contributed by atoms with van der Waals surface area (Å²) in [5.41, 5.74) is 0. The highest BCUT2D eigenvalue weighted by Crippen LogP contribution is 2.24. The molecule has 26 heavy (non-hydrogen) atoms. The van der Waals surface area contributed by atoms with E-state index in [0.29, 0.717) is 6.04 Å². The Morgan fingerprint density at radius 1 is 1.23 bits per heavy atom. The molecule has 1 fully saturated rings. The van der Waals surface area contributed by atoms with E-state index in [1.165, 1.54) is 6.42 Å². The monoisotopic (exact) mass is 481 g/mol. The molecule has 0 aromatic carbocycles. The first kappa shape index (κ1) is 25.4. The maximum atomic E-state index is 12.3. The summed E-state index contributed by atoms with van der Waals surface area (Å²) in [5.74, 6) is 1.16. The van der Waals surface area contributed by atoms with Gasteiger partial charge in [-0.2, -0.15) is 0 Å². The molecule has 1 rings (SSSR count). The van der Waals surface area contributed by atoms with Gasteiger partial charge in [0.1, 0.15) is 0 Å². The number of likely N-dealkylation sites (N-methyl/N-ethyl adjacent to an activating group) is 1. The Hall–Kier alpha value is -0.570. The quantitative estimate of drug-likeness (QED) is 0.269. The minimum absolute atomic E-state index is 0. The number of halogens is 1. The zero-order chi connectivity index (χ0) is 18.7. The van der Waals surface area contributed by atoms with Gasteiger partial charge in [0.25, 0.3) is 0 Å². The zero-order valence-corrected chi connectivity index (χ0v) is 19.6. The van der Waals surface area contributed by atoms with Crippen LogP contribution in [0.4, 0.5) is 0 Å². The molecule has 0 aromatic rings. The number of nitrogens with zero attached hydrogens (tertiary/aromatic N) is 2. The maximum absolute atomic E-state index is 12.3. The van der Waals surface area contributed by atoms with Crippen LogP contribution in [0.5, 0.6) is 0 Å². The van der Waals surface area contributed by atoms with Crippen molar-refractivity contribution in [3.8, 4) is 0 Å². The second-order valence-corrected chi connectivity index (χ2v) is 7.30. The van der Waals surface area contributed by atoms with Crippen molar-refractivity contribution >= 4 is 35.8 Å². The highest BCUT2D eigenvalue weighted by atomic mass is 127. The van der Waals surface area contributed by atoms with Crippen molar-refractivity contribution in [2.24, 2.45) is 10.9 Å². The fourth-order valence-electron chi connectivity index (χ4n) is 3.43. The number of nitrogens with one attached hydrogen (secondary N) is 3. The van der Waals surface area contributed by atoms with Crippen LogP contribution in [-0.4, -0.2) is 62.1 Å². The second-order valence-electron chi connectivity index (χ2n) is 7.30. The molecule has 1 aliphatic carbocycles. The molecular formula is C19H40IN5O. The predicted molar refractivity (Wildman–Crippen MR) is 121 cm³/mol. The molecule has 2 atom stereocenters. The molecule has 0 heterocycles. The van der Waals surface area contributed by atoms with E-state index < -0.39 is 0 Å². The number of rotatable bonds is 9. The fraction of sp³-hybridized carbons (Fsp3) is 0.895. The fourth-order valence-corrected chi connectivity index (χ4v) is 3.43. The first-order valence-electron chi connectivity index (χ1n) is 10.00. The third kappa shape index (κ3) is 9.94. The minimum Gasteiger partial charge on any atom is -0.355 e. The zero-order valence-electron chi connectivity index (χ0n) is 17.3. The van der Waals surface area contributed by atoms with E-state index in [2.05, 4.69) is 39.7 Å². The molecule has 0 bridgehead atoms. The lowest BCUT2D eigenvalue weighted by molar-refractivity contribution is -0.126. The molecule has 0 radical (unpaired) electrons. The van der Waals surface area contributed by atoms with Crippen LogP contribution < -0.4 is 16.0 Å². The number of carbonyl (C=O) groups is 1. The summed E-state index contributed by atoms with van der Waals surface area (Å²) in [6.45, 7) is 12.6. The van der Waals surface area contributed by atoms with Gasteiger partial charge in [0, 0.05) is 38.1 Å². The van der Waals surface area contributed by atoms with Gasteiger partial charge in [-0.25, -0.2) is 0 Å². The van der Waals surface area contributed by atoms with Crippen molar-refractivity contribution in [3.63, 3.8) is 0 Å². The average Bonchev–Trinajstić information content (AvgIpc) is 2.59. The predicted octanol–water partition coefficient (Wildman–Crippen LogP) is 2.58. The Labute approximate surface area is 177 Å². The third-order valence-electron chi connectivity index (χ3n) is 4.75. The van der Waals surface area contributed by atoms with E-state index >= 15 is 0 Å². The standard InChI is InChI=1S/C19H39N5O.HI/c1-6-12-24(7-2)13-11-21-19(20-5)23-17-10-8-9-16(14-17)18(25)22-15(3)4;/h15-17H,6-14H2,1-5H3,(H,22,25)(H2,20,21,23);1H. The SMILES string of the molecule is CCCN(CC)CCNC(=NC)NC1CCCC(C(=O)NC(C)C)C1.I. The largest absolute Gasteiger partial charge is 0.355 e. The highest BCUT2D eigenvalue weighted by Gasteiger charge is 2.27. The Morgan fingerprint density at radius 3 is 2.54 bits per heavy atom. The molecule has 0 aliphatic heterocycles. The highest BCUT2D eigenvalue weighted by molar-refractivity contribution is 14.0. The van der Waals surface area contributed by atoms with E-state index in [-0.39, 0.29) is 41.8 Å². The number of guanidine groups is 1. The van der Waals surface area contributed by atoms with Gasteiger partial charge in [0.15, 0.2) is 5.96 Å². The van der Waals surface area contributed by atoms with Crippen LogP contribution in [-0.2, 0) is 4.79 Å². The van der Waals surface area contributed by atoms with Crippen LogP contribution in [0, 0.1) is 5.92 Å². The van der Waals surface area contributed by atoms with Crippen molar-refractivity contribution in [2.75, 3.05) is 33.2 Å². The van der Waals surface area contributed by atoms with E-state index in [4.69, 9.17) is 0 Å². The van der Waals surface area contributed by atoms with Crippen LogP contribution in [0.3, 0.4) is 0 Å². The first-order valence-corrected chi connectivity index (χ1v) is 10.00. The van der Waals surface area contributed by atoms with Gasteiger partial charge >= 0.3 is 0 Å². The summed E-state index contributed by atoms with van der Waals surface area (Å²) in [7, 11) is 1.81. The van der Waals surface area contributed by atoms with Gasteiger partial charge in [-0.05, 0) is 52.6 Å². The van der Waals surface area contributed by atoms with Crippen molar-refractivity contribution in [2.45, 2.75) is 71.9 Å². The van der Waals surface area contributed by atoms with Crippen molar-refractivity contribution in [3.05, 3.63) is 0 Å². The summed E-state index contributed by atoms with van der Waals surface area (Å²) >= 11 is 0. The second kappa shape index (κ2) is 14.5. The van der Waals surface area contributed by atoms with E-state index in [1.807, 2.05) is 20.9 Å². The molecule has 1 amide bonds. The number of aliphatic imine (C=N–C) groups is 1. The van der Waals surface area contributed by atoms with Crippen molar-refractivity contribution in [1.29, 1.82) is 0 Å². The van der Waals surface area contributed by atoms with E-state index in [0.717, 1.165) is 57.8 Å². The van der Waals surface area contributed by atoms with Crippen LogP contribution in [0.2, 0.25) is 0 Å². The minimum atomic E-state index is 0. The molecule has 1 saturated carbocycles. The van der Waals surface area contributed by atoms with Crippen molar-refractivity contribution in [1.82, 2.24) is 20.9 Å². The molecule has 6 nitrogen and oxygen atoms in total. The van der Waals surface area contributed by atoms with E-state index in [9.17, 15) is 4.79 Å². The molecule has 0 saturated heterocycles. The number of amides is 1. The topological polar surface area (TPSA) is 68.8 Å². The molecule has 0 spiro atoms. The Morgan fingerprint density at radius 2 is 1.96 bits per heavy atom. The van der Waals surface area contributed by atoms with Gasteiger partial charge in [-0.3, -0.25) is 9.79 Å². The van der Waals surface area contributed by atoms with Gasteiger partial charge in [0.2, 0.25) is 5.91 Å². The smallest absolute Gasteiger partial charge is 0.223 e. The Bertz CT molecular complexity index is 417. The lowest BCUT2D eigenvalue weighted by Gasteiger charge is -2.30. The van der Waals surface area contributed by atoms with Crippen LogP contribution >= 0.6 is 24.0 Å². The van der Waals surface area contributed by atoms with Gasteiger partial charge < -0.3 is 20.9 Å². The summed E-state index contributed by atoms with van der Waals surface area (Å²) in [6.07, 6.45) is 5.25. The maximum Gasteiger partial charge on any atom is 0.223 e. The summed E-state index contributed by atoms with van der Waals surface area (Å²) < 4.78 is 0. The number of carbonyl (C=O) groups excluding carboxylic acids is 1.